The summed E-state index contributed by atoms with van der Waals surface area (Å²) in [6, 6.07) is 1.69. The number of likely N-dealkylation sites (tertiary alicyclic amines) is 1. The van der Waals surface area contributed by atoms with Gasteiger partial charge in [-0.3, -0.25) is 4.90 Å². The van der Waals surface area contributed by atoms with Crippen molar-refractivity contribution in [1.29, 1.82) is 0 Å². The molecule has 1 aliphatic heterocycles. The molecule has 1 aromatic heterocycles. The first kappa shape index (κ1) is 13.6. The van der Waals surface area contributed by atoms with Crippen molar-refractivity contribution < 1.29 is 9.84 Å². The Morgan fingerprint density at radius 3 is 2.78 bits per heavy atom. The Morgan fingerprint density at radius 1 is 1.33 bits per heavy atom. The number of piperidine rings is 1. The fraction of sp³-hybridized carbons (Fsp3) is 0.615. The first-order valence-corrected chi connectivity index (χ1v) is 6.78. The highest BCUT2D eigenvalue weighted by Gasteiger charge is 2.10. The molecule has 0 aliphatic carbocycles. The number of pyridine rings is 1. The summed E-state index contributed by atoms with van der Waals surface area (Å²) >= 11 is 6.02. The fourth-order valence-electron chi connectivity index (χ4n) is 2.11. The third-order valence-corrected chi connectivity index (χ3v) is 3.41. The lowest BCUT2D eigenvalue weighted by molar-refractivity contribution is 0.180. The summed E-state index contributed by atoms with van der Waals surface area (Å²) in [6.45, 7) is 3.79. The average molecular weight is 271 g/mol. The Balaban J connectivity index is 1.79. The van der Waals surface area contributed by atoms with E-state index >= 15 is 0 Å². The number of hydrogen-bond acceptors (Lipinski definition) is 4. The number of aliphatic hydroxyl groups excluding tert-OH is 1. The molecule has 1 aliphatic rings. The lowest BCUT2D eigenvalue weighted by Gasteiger charge is -2.26. The van der Waals surface area contributed by atoms with Gasteiger partial charge in [-0.05, 0) is 37.6 Å². The maximum atomic E-state index is 8.95. The summed E-state index contributed by atoms with van der Waals surface area (Å²) < 4.78 is 5.57. The topological polar surface area (TPSA) is 45.6 Å². The van der Waals surface area contributed by atoms with Crippen molar-refractivity contribution >= 4 is 11.6 Å². The van der Waals surface area contributed by atoms with Crippen LogP contribution in [0.15, 0.2) is 12.3 Å². The first-order valence-electron chi connectivity index (χ1n) is 6.40. The van der Waals surface area contributed by atoms with Crippen molar-refractivity contribution in [3.63, 3.8) is 0 Å². The molecule has 2 heterocycles. The predicted octanol–water partition coefficient (Wildman–Crippen LogP) is 2.09. The van der Waals surface area contributed by atoms with Crippen LogP contribution < -0.4 is 4.74 Å². The van der Waals surface area contributed by atoms with Crippen molar-refractivity contribution in [1.82, 2.24) is 9.88 Å². The zero-order valence-electron chi connectivity index (χ0n) is 10.4. The van der Waals surface area contributed by atoms with Gasteiger partial charge in [-0.15, -0.1) is 0 Å². The monoisotopic (exact) mass is 270 g/mol. The molecule has 100 valence electrons. The van der Waals surface area contributed by atoms with E-state index in [1.165, 1.54) is 19.3 Å². The smallest absolute Gasteiger partial charge is 0.232 e. The number of aromatic nitrogens is 1. The molecule has 18 heavy (non-hydrogen) atoms. The van der Waals surface area contributed by atoms with E-state index in [0.717, 1.165) is 19.6 Å². The van der Waals surface area contributed by atoms with Crippen LogP contribution in [0, 0.1) is 0 Å². The van der Waals surface area contributed by atoms with E-state index in [0.29, 0.717) is 23.1 Å². The van der Waals surface area contributed by atoms with Crippen LogP contribution in [0.1, 0.15) is 24.8 Å². The molecule has 1 fully saturated rings. The SMILES string of the molecule is OCc1cnc(OCCN2CCCCC2)c(Cl)c1. The molecule has 0 bridgehead atoms. The highest BCUT2D eigenvalue weighted by atomic mass is 35.5. The van der Waals surface area contributed by atoms with Crippen molar-refractivity contribution in [2.75, 3.05) is 26.2 Å². The Morgan fingerprint density at radius 2 is 2.11 bits per heavy atom. The van der Waals surface area contributed by atoms with Gasteiger partial charge in [0.05, 0.1) is 6.61 Å². The summed E-state index contributed by atoms with van der Waals surface area (Å²) in [6.07, 6.45) is 5.49. The van der Waals surface area contributed by atoms with Gasteiger partial charge in [0.15, 0.2) is 0 Å². The zero-order valence-corrected chi connectivity index (χ0v) is 11.2. The van der Waals surface area contributed by atoms with Gasteiger partial charge < -0.3 is 9.84 Å². The normalized spacial score (nSPS) is 16.8. The standard InChI is InChI=1S/C13H19ClN2O2/c14-12-8-11(10-17)9-15-13(12)18-7-6-16-4-2-1-3-5-16/h8-9,17H,1-7,10H2. The van der Waals surface area contributed by atoms with Gasteiger partial charge in [-0.2, -0.15) is 0 Å². The zero-order chi connectivity index (χ0) is 12.8. The van der Waals surface area contributed by atoms with E-state index in [2.05, 4.69) is 9.88 Å². The van der Waals surface area contributed by atoms with E-state index in [4.69, 9.17) is 21.4 Å². The number of nitrogens with zero attached hydrogens (tertiary/aromatic N) is 2. The maximum absolute atomic E-state index is 8.95. The van der Waals surface area contributed by atoms with Gasteiger partial charge in [0, 0.05) is 12.7 Å². The van der Waals surface area contributed by atoms with Gasteiger partial charge in [0.25, 0.3) is 0 Å². The summed E-state index contributed by atoms with van der Waals surface area (Å²) in [5.74, 6) is 0.450. The van der Waals surface area contributed by atoms with Crippen LogP contribution in [0.5, 0.6) is 5.88 Å². The fourth-order valence-corrected chi connectivity index (χ4v) is 2.36. The molecule has 0 amide bonds. The molecule has 1 aromatic rings. The molecule has 1 saturated heterocycles. The van der Waals surface area contributed by atoms with Gasteiger partial charge in [-0.25, -0.2) is 4.98 Å². The lowest BCUT2D eigenvalue weighted by atomic mass is 10.1. The Labute approximate surface area is 113 Å². The minimum absolute atomic E-state index is 0.0548. The van der Waals surface area contributed by atoms with Crippen LogP contribution in [0.25, 0.3) is 0 Å². The van der Waals surface area contributed by atoms with E-state index in [9.17, 15) is 0 Å². The van der Waals surface area contributed by atoms with Gasteiger partial charge in [0.2, 0.25) is 5.88 Å². The van der Waals surface area contributed by atoms with Crippen molar-refractivity contribution in [2.24, 2.45) is 0 Å². The van der Waals surface area contributed by atoms with E-state index in [-0.39, 0.29) is 6.61 Å². The van der Waals surface area contributed by atoms with Crippen LogP contribution in [0.2, 0.25) is 5.02 Å². The van der Waals surface area contributed by atoms with E-state index < -0.39 is 0 Å². The number of aliphatic hydroxyl groups is 1. The van der Waals surface area contributed by atoms with Gasteiger partial charge in [-0.1, -0.05) is 18.0 Å². The highest BCUT2D eigenvalue weighted by Crippen LogP contribution is 2.22. The predicted molar refractivity (Wildman–Crippen MR) is 71.0 cm³/mol. The third kappa shape index (κ3) is 3.83. The molecule has 0 spiro atoms. The lowest BCUT2D eigenvalue weighted by Crippen LogP contribution is -2.33. The molecule has 1 N–H and O–H groups in total. The van der Waals surface area contributed by atoms with Crippen molar-refractivity contribution in [3.05, 3.63) is 22.8 Å². The summed E-state index contributed by atoms with van der Waals surface area (Å²) in [7, 11) is 0. The molecular formula is C13H19ClN2O2. The molecule has 2 rings (SSSR count). The molecule has 0 unspecified atom stereocenters. The van der Waals surface area contributed by atoms with Crippen LogP contribution >= 0.6 is 11.6 Å². The largest absolute Gasteiger partial charge is 0.475 e. The summed E-state index contributed by atoms with van der Waals surface area (Å²) in [5.41, 5.74) is 0.698. The number of ether oxygens (including phenoxy) is 1. The number of halogens is 1. The molecular weight excluding hydrogens is 252 g/mol. The minimum Gasteiger partial charge on any atom is -0.475 e. The van der Waals surface area contributed by atoms with E-state index in [1.807, 2.05) is 0 Å². The van der Waals surface area contributed by atoms with Crippen LogP contribution in [0.3, 0.4) is 0 Å². The molecule has 0 aromatic carbocycles. The highest BCUT2D eigenvalue weighted by molar-refractivity contribution is 6.31. The Bertz CT molecular complexity index is 381. The van der Waals surface area contributed by atoms with Crippen molar-refractivity contribution in [3.8, 4) is 5.88 Å². The Hall–Kier alpha value is -0.840. The van der Waals surface area contributed by atoms with Crippen LogP contribution in [-0.2, 0) is 6.61 Å². The minimum atomic E-state index is -0.0548. The van der Waals surface area contributed by atoms with Gasteiger partial charge >= 0.3 is 0 Å². The van der Waals surface area contributed by atoms with Gasteiger partial charge in [0.1, 0.15) is 11.6 Å². The second-order valence-corrected chi connectivity index (χ2v) is 4.95. The first-order chi connectivity index (χ1) is 8.79. The second kappa shape index (κ2) is 6.92. The maximum Gasteiger partial charge on any atom is 0.232 e. The number of hydrogen-bond donors (Lipinski definition) is 1. The van der Waals surface area contributed by atoms with Crippen LogP contribution in [0.4, 0.5) is 0 Å². The quantitative estimate of drug-likeness (QED) is 0.890. The van der Waals surface area contributed by atoms with Crippen LogP contribution in [-0.4, -0.2) is 41.2 Å². The third-order valence-electron chi connectivity index (χ3n) is 3.14. The number of rotatable bonds is 5. The molecule has 4 nitrogen and oxygen atoms in total. The summed E-state index contributed by atoms with van der Waals surface area (Å²) in [5, 5.41) is 9.41. The average Bonchev–Trinajstić information content (AvgIpc) is 2.42. The molecule has 5 heteroatoms. The molecule has 0 saturated carbocycles. The Kier molecular flexibility index (Phi) is 5.23. The summed E-state index contributed by atoms with van der Waals surface area (Å²) in [4.78, 5) is 6.50. The van der Waals surface area contributed by atoms with Crippen molar-refractivity contribution in [2.45, 2.75) is 25.9 Å². The van der Waals surface area contributed by atoms with E-state index in [1.54, 1.807) is 12.3 Å². The molecule has 0 radical (unpaired) electrons. The molecule has 0 atom stereocenters. The second-order valence-electron chi connectivity index (χ2n) is 4.54.